The van der Waals surface area contributed by atoms with Crippen LogP contribution >= 0.6 is 22.9 Å². The summed E-state index contributed by atoms with van der Waals surface area (Å²) >= 11 is 7.47. The molecule has 0 fully saturated rings. The molecular formula is C16H12ClNO4S. The van der Waals surface area contributed by atoms with Crippen LogP contribution in [0.1, 0.15) is 4.88 Å². The van der Waals surface area contributed by atoms with Crippen molar-refractivity contribution in [2.75, 3.05) is 19.1 Å². The van der Waals surface area contributed by atoms with Crippen molar-refractivity contribution in [2.45, 2.75) is 0 Å². The predicted molar refractivity (Wildman–Crippen MR) is 89.1 cm³/mol. The zero-order chi connectivity index (χ0) is 16.6. The summed E-state index contributed by atoms with van der Waals surface area (Å²) in [4.78, 5) is 26.9. The lowest BCUT2D eigenvalue weighted by atomic mass is 10.2. The zero-order valence-electron chi connectivity index (χ0n) is 12.3. The van der Waals surface area contributed by atoms with Gasteiger partial charge in [-0.3, -0.25) is 9.59 Å². The third-order valence-electron chi connectivity index (χ3n) is 3.39. The van der Waals surface area contributed by atoms with Crippen LogP contribution in [0.25, 0.3) is 5.57 Å². The van der Waals surface area contributed by atoms with Crippen LogP contribution in [-0.2, 0) is 9.59 Å². The molecule has 0 unspecified atom stereocenters. The smallest absolute Gasteiger partial charge is 0.277 e. The van der Waals surface area contributed by atoms with Gasteiger partial charge in [0.25, 0.3) is 11.8 Å². The molecule has 118 valence electrons. The second-order valence-corrected chi connectivity index (χ2v) is 6.01. The van der Waals surface area contributed by atoms with E-state index in [1.807, 2.05) is 5.38 Å². The molecule has 2 amide bonds. The number of hydrogen-bond acceptors (Lipinski definition) is 5. The first-order chi connectivity index (χ1) is 11.1. The molecule has 0 spiro atoms. The molecule has 23 heavy (non-hydrogen) atoms. The van der Waals surface area contributed by atoms with E-state index in [1.54, 1.807) is 30.3 Å². The Bertz CT molecular complexity index is 791. The van der Waals surface area contributed by atoms with Crippen LogP contribution in [0.4, 0.5) is 5.69 Å². The second-order valence-electron chi connectivity index (χ2n) is 4.68. The van der Waals surface area contributed by atoms with Gasteiger partial charge in [0.1, 0.15) is 16.5 Å². The van der Waals surface area contributed by atoms with Gasteiger partial charge in [0.05, 0.1) is 25.5 Å². The maximum Gasteiger partial charge on any atom is 0.277 e. The van der Waals surface area contributed by atoms with E-state index >= 15 is 0 Å². The highest BCUT2D eigenvalue weighted by atomic mass is 35.5. The lowest BCUT2D eigenvalue weighted by molar-refractivity contribution is -0.119. The van der Waals surface area contributed by atoms with E-state index in [0.717, 1.165) is 4.90 Å². The van der Waals surface area contributed by atoms with Crippen LogP contribution in [-0.4, -0.2) is 26.0 Å². The number of benzene rings is 1. The number of imide groups is 1. The lowest BCUT2D eigenvalue weighted by Crippen LogP contribution is -2.31. The van der Waals surface area contributed by atoms with Gasteiger partial charge in [0, 0.05) is 23.1 Å². The van der Waals surface area contributed by atoms with Crippen molar-refractivity contribution in [3.8, 4) is 11.5 Å². The van der Waals surface area contributed by atoms with E-state index in [4.69, 9.17) is 21.1 Å². The van der Waals surface area contributed by atoms with Crippen molar-refractivity contribution >= 4 is 46.0 Å². The fraction of sp³-hybridized carbons (Fsp3) is 0.125. The standard InChI is InChI=1S/C16H12ClNO4S/c1-21-10-6-9(7-11(8-10)22-2)18-15(19)13(14(17)16(18)20)12-4-3-5-23-12/h3-8H,1-2H3. The normalized spacial score (nSPS) is 14.7. The van der Waals surface area contributed by atoms with Gasteiger partial charge in [-0.05, 0) is 11.4 Å². The van der Waals surface area contributed by atoms with E-state index < -0.39 is 11.8 Å². The van der Waals surface area contributed by atoms with Crippen LogP contribution in [0.2, 0.25) is 0 Å². The highest BCUT2D eigenvalue weighted by Crippen LogP contribution is 2.38. The van der Waals surface area contributed by atoms with E-state index in [-0.39, 0.29) is 10.6 Å². The van der Waals surface area contributed by atoms with Gasteiger partial charge in [-0.25, -0.2) is 4.90 Å². The van der Waals surface area contributed by atoms with Crippen molar-refractivity contribution in [1.82, 2.24) is 0 Å². The number of carbonyl (C=O) groups excluding carboxylic acids is 2. The molecule has 2 heterocycles. The second kappa shape index (κ2) is 6.06. The number of rotatable bonds is 4. The fourth-order valence-electron chi connectivity index (χ4n) is 2.29. The summed E-state index contributed by atoms with van der Waals surface area (Å²) in [7, 11) is 2.99. The third-order valence-corrected chi connectivity index (χ3v) is 4.63. The minimum absolute atomic E-state index is 0.0840. The van der Waals surface area contributed by atoms with Gasteiger partial charge < -0.3 is 9.47 Å². The third kappa shape index (κ3) is 2.60. The van der Waals surface area contributed by atoms with Crippen molar-refractivity contribution < 1.29 is 19.1 Å². The fourth-order valence-corrected chi connectivity index (χ4v) is 3.38. The molecular weight excluding hydrogens is 338 g/mol. The highest BCUT2D eigenvalue weighted by Gasteiger charge is 2.40. The number of carbonyl (C=O) groups is 2. The zero-order valence-corrected chi connectivity index (χ0v) is 13.9. The Balaban J connectivity index is 2.06. The van der Waals surface area contributed by atoms with Gasteiger partial charge >= 0.3 is 0 Å². The first-order valence-corrected chi connectivity index (χ1v) is 7.88. The maximum absolute atomic E-state index is 12.7. The first kappa shape index (κ1) is 15.6. The molecule has 0 atom stereocenters. The summed E-state index contributed by atoms with van der Waals surface area (Å²) in [5, 5.41) is 1.74. The van der Waals surface area contributed by atoms with Crippen LogP contribution in [0.15, 0.2) is 40.7 Å². The highest BCUT2D eigenvalue weighted by molar-refractivity contribution is 7.11. The van der Waals surface area contributed by atoms with E-state index in [9.17, 15) is 9.59 Å². The van der Waals surface area contributed by atoms with Crippen molar-refractivity contribution in [1.29, 1.82) is 0 Å². The predicted octanol–water partition coefficient (Wildman–Crippen LogP) is 3.29. The quantitative estimate of drug-likeness (QED) is 0.795. The van der Waals surface area contributed by atoms with Gasteiger partial charge in [0.15, 0.2) is 0 Å². The molecule has 1 aromatic heterocycles. The van der Waals surface area contributed by atoms with Gasteiger partial charge in [0.2, 0.25) is 0 Å². The number of nitrogens with zero attached hydrogens (tertiary/aromatic N) is 1. The van der Waals surface area contributed by atoms with Crippen molar-refractivity contribution in [2.24, 2.45) is 0 Å². The monoisotopic (exact) mass is 349 g/mol. The largest absolute Gasteiger partial charge is 0.497 e. The van der Waals surface area contributed by atoms with Crippen LogP contribution in [0.5, 0.6) is 11.5 Å². The number of anilines is 1. The molecule has 1 aromatic carbocycles. The number of hydrogen-bond donors (Lipinski definition) is 0. The van der Waals surface area contributed by atoms with Crippen LogP contribution in [0.3, 0.4) is 0 Å². The van der Waals surface area contributed by atoms with Crippen molar-refractivity contribution in [3.63, 3.8) is 0 Å². The molecule has 3 rings (SSSR count). The van der Waals surface area contributed by atoms with Crippen molar-refractivity contribution in [3.05, 3.63) is 45.6 Å². The van der Waals surface area contributed by atoms with E-state index in [0.29, 0.717) is 22.1 Å². The van der Waals surface area contributed by atoms with Gasteiger partial charge in [-0.2, -0.15) is 0 Å². The molecule has 0 saturated heterocycles. The topological polar surface area (TPSA) is 55.8 Å². The summed E-state index contributed by atoms with van der Waals surface area (Å²) in [6.07, 6.45) is 0. The van der Waals surface area contributed by atoms with Crippen LogP contribution < -0.4 is 14.4 Å². The summed E-state index contributed by atoms with van der Waals surface area (Å²) in [5.74, 6) is -0.0746. The Morgan fingerprint density at radius 1 is 1.04 bits per heavy atom. The average molecular weight is 350 g/mol. The number of amides is 2. The molecule has 0 aliphatic carbocycles. The first-order valence-electron chi connectivity index (χ1n) is 6.62. The van der Waals surface area contributed by atoms with Gasteiger partial charge in [-0.15, -0.1) is 11.3 Å². The van der Waals surface area contributed by atoms with E-state index in [2.05, 4.69) is 0 Å². The molecule has 5 nitrogen and oxygen atoms in total. The number of ether oxygens (including phenoxy) is 2. The minimum atomic E-state index is -0.560. The molecule has 1 aliphatic rings. The van der Waals surface area contributed by atoms with E-state index in [1.165, 1.54) is 25.6 Å². The summed E-state index contributed by atoms with van der Waals surface area (Å²) in [5.41, 5.74) is 0.564. The molecule has 0 saturated carbocycles. The SMILES string of the molecule is COc1cc(OC)cc(N2C(=O)C(Cl)=C(c3cccs3)C2=O)c1. The number of methoxy groups -OCH3 is 2. The average Bonchev–Trinajstić information content (AvgIpc) is 3.15. The Labute approximate surface area is 141 Å². The van der Waals surface area contributed by atoms with Gasteiger partial charge in [-0.1, -0.05) is 17.7 Å². The lowest BCUT2D eigenvalue weighted by Gasteiger charge is -2.17. The molecule has 7 heteroatoms. The summed E-state index contributed by atoms with van der Waals surface area (Å²) < 4.78 is 10.4. The molecule has 2 aromatic rings. The Kier molecular flexibility index (Phi) is 4.11. The molecule has 0 radical (unpaired) electrons. The Morgan fingerprint density at radius 3 is 2.22 bits per heavy atom. The summed E-state index contributed by atoms with van der Waals surface area (Å²) in [6, 6.07) is 8.37. The number of halogens is 1. The Morgan fingerprint density at radius 2 is 1.70 bits per heavy atom. The Hall–Kier alpha value is -2.31. The van der Waals surface area contributed by atoms with Crippen LogP contribution in [0, 0.1) is 0 Å². The summed E-state index contributed by atoms with van der Waals surface area (Å²) in [6.45, 7) is 0. The maximum atomic E-state index is 12.7. The number of thiophene rings is 1. The molecule has 1 aliphatic heterocycles. The molecule has 0 N–H and O–H groups in total. The molecule has 0 bridgehead atoms. The minimum Gasteiger partial charge on any atom is -0.497 e.